The van der Waals surface area contributed by atoms with E-state index in [2.05, 4.69) is 21.2 Å². The lowest BCUT2D eigenvalue weighted by atomic mass is 10.2. The molecule has 19 heavy (non-hydrogen) atoms. The summed E-state index contributed by atoms with van der Waals surface area (Å²) in [5, 5.41) is 2.39. The van der Waals surface area contributed by atoms with E-state index in [4.69, 9.17) is 21.8 Å². The van der Waals surface area contributed by atoms with Crippen LogP contribution in [-0.4, -0.2) is 17.2 Å². The molecule has 1 aromatic heterocycles. The van der Waals surface area contributed by atoms with Gasteiger partial charge in [-0.05, 0) is 25.1 Å². The average Bonchev–Trinajstić information content (AvgIpc) is 2.67. The van der Waals surface area contributed by atoms with Gasteiger partial charge >= 0.3 is 0 Å². The second-order valence-corrected chi connectivity index (χ2v) is 5.49. The molecule has 2 aromatic rings. The standard InChI is InChI=1S/C12H10BrClN2O3/c1-5(14)12(18)16-9-7-4-6(13)2-3-8(7)19-10(9)11(15)17/h2-5H,1H3,(H2,15,17)(H,16,18). The summed E-state index contributed by atoms with van der Waals surface area (Å²) in [7, 11) is 0. The Morgan fingerprint density at radius 2 is 2.16 bits per heavy atom. The minimum Gasteiger partial charge on any atom is -0.449 e. The lowest BCUT2D eigenvalue weighted by Gasteiger charge is -2.05. The maximum absolute atomic E-state index is 11.7. The van der Waals surface area contributed by atoms with Crippen molar-refractivity contribution in [3.63, 3.8) is 0 Å². The zero-order valence-electron chi connectivity index (χ0n) is 9.87. The number of nitrogens with two attached hydrogens (primary N) is 1. The number of amides is 2. The van der Waals surface area contributed by atoms with E-state index in [0.717, 1.165) is 4.47 Å². The molecule has 0 bridgehead atoms. The Hall–Kier alpha value is -1.53. The number of halogens is 2. The van der Waals surface area contributed by atoms with Crippen molar-refractivity contribution in [2.45, 2.75) is 12.3 Å². The molecular formula is C12H10BrClN2O3. The minimum absolute atomic E-state index is 0.0984. The van der Waals surface area contributed by atoms with Crippen molar-refractivity contribution in [3.8, 4) is 0 Å². The van der Waals surface area contributed by atoms with Crippen LogP contribution in [0.1, 0.15) is 17.5 Å². The Morgan fingerprint density at radius 3 is 2.74 bits per heavy atom. The molecule has 0 aliphatic heterocycles. The van der Waals surface area contributed by atoms with Crippen LogP contribution in [0.4, 0.5) is 5.69 Å². The second kappa shape index (κ2) is 5.22. The highest BCUT2D eigenvalue weighted by Gasteiger charge is 2.22. The summed E-state index contributed by atoms with van der Waals surface area (Å²) < 4.78 is 6.13. The summed E-state index contributed by atoms with van der Waals surface area (Å²) >= 11 is 9.00. The van der Waals surface area contributed by atoms with Gasteiger partial charge in [0.1, 0.15) is 16.6 Å². The molecule has 3 N–H and O–H groups in total. The molecule has 5 nitrogen and oxygen atoms in total. The van der Waals surface area contributed by atoms with Crippen molar-refractivity contribution >= 4 is 56.0 Å². The van der Waals surface area contributed by atoms with Crippen molar-refractivity contribution in [1.82, 2.24) is 0 Å². The number of alkyl halides is 1. The molecule has 0 aliphatic rings. The summed E-state index contributed by atoms with van der Waals surface area (Å²) in [4.78, 5) is 23.0. The van der Waals surface area contributed by atoms with Crippen LogP contribution in [0.25, 0.3) is 11.0 Å². The maximum Gasteiger partial charge on any atom is 0.286 e. The lowest BCUT2D eigenvalue weighted by molar-refractivity contribution is -0.115. The van der Waals surface area contributed by atoms with Gasteiger partial charge in [0.2, 0.25) is 11.7 Å². The average molecular weight is 346 g/mol. The predicted molar refractivity (Wildman–Crippen MR) is 76.4 cm³/mol. The third-order valence-electron chi connectivity index (χ3n) is 2.48. The summed E-state index contributed by atoms with van der Waals surface area (Å²) in [6.07, 6.45) is 0. The number of carbonyl (C=O) groups is 2. The van der Waals surface area contributed by atoms with Crippen molar-refractivity contribution in [2.75, 3.05) is 5.32 Å². The smallest absolute Gasteiger partial charge is 0.286 e. The van der Waals surface area contributed by atoms with Crippen LogP contribution in [0, 0.1) is 0 Å². The Labute approximate surface area is 122 Å². The Kier molecular flexibility index (Phi) is 3.82. The van der Waals surface area contributed by atoms with E-state index in [1.54, 1.807) is 18.2 Å². The largest absolute Gasteiger partial charge is 0.449 e. The molecule has 1 heterocycles. The number of furan rings is 1. The van der Waals surface area contributed by atoms with Crippen LogP contribution in [0.15, 0.2) is 27.1 Å². The van der Waals surface area contributed by atoms with Crippen LogP contribution in [0.3, 0.4) is 0 Å². The fourth-order valence-corrected chi connectivity index (χ4v) is 2.01. The Balaban J connectivity index is 2.60. The maximum atomic E-state index is 11.7. The van der Waals surface area contributed by atoms with Crippen molar-refractivity contribution in [1.29, 1.82) is 0 Å². The Morgan fingerprint density at radius 1 is 1.47 bits per heavy atom. The number of primary amides is 1. The zero-order valence-corrected chi connectivity index (χ0v) is 12.2. The van der Waals surface area contributed by atoms with E-state index in [1.807, 2.05) is 0 Å². The number of rotatable bonds is 3. The molecule has 1 unspecified atom stereocenters. The number of anilines is 1. The number of hydrogen-bond acceptors (Lipinski definition) is 3. The van der Waals surface area contributed by atoms with Crippen LogP contribution >= 0.6 is 27.5 Å². The SMILES string of the molecule is CC(Cl)C(=O)Nc1c(C(N)=O)oc2ccc(Br)cc12. The lowest BCUT2D eigenvalue weighted by Crippen LogP contribution is -2.22. The van der Waals surface area contributed by atoms with E-state index in [1.165, 1.54) is 6.92 Å². The van der Waals surface area contributed by atoms with Crippen LogP contribution in [0.5, 0.6) is 0 Å². The highest BCUT2D eigenvalue weighted by Crippen LogP contribution is 2.33. The van der Waals surface area contributed by atoms with Gasteiger partial charge in [0.25, 0.3) is 5.91 Å². The molecule has 0 aliphatic carbocycles. The van der Waals surface area contributed by atoms with Crippen molar-refractivity contribution < 1.29 is 14.0 Å². The summed E-state index contributed by atoms with van der Waals surface area (Å²) in [5.41, 5.74) is 5.93. The minimum atomic E-state index is -0.759. The summed E-state index contributed by atoms with van der Waals surface area (Å²) in [6.45, 7) is 1.53. The van der Waals surface area contributed by atoms with Crippen molar-refractivity contribution in [2.24, 2.45) is 5.73 Å². The van der Waals surface area contributed by atoms with Gasteiger partial charge in [-0.2, -0.15) is 0 Å². The van der Waals surface area contributed by atoms with Gasteiger partial charge in [0.15, 0.2) is 0 Å². The van der Waals surface area contributed by atoms with Gasteiger partial charge in [-0.1, -0.05) is 15.9 Å². The molecule has 2 amide bonds. The monoisotopic (exact) mass is 344 g/mol. The van der Waals surface area contributed by atoms with E-state index in [-0.39, 0.29) is 11.4 Å². The highest BCUT2D eigenvalue weighted by molar-refractivity contribution is 9.10. The number of benzene rings is 1. The fraction of sp³-hybridized carbons (Fsp3) is 0.167. The first kappa shape index (κ1) is 13.9. The quantitative estimate of drug-likeness (QED) is 0.839. The van der Waals surface area contributed by atoms with Gasteiger partial charge in [0, 0.05) is 9.86 Å². The van der Waals surface area contributed by atoms with E-state index >= 15 is 0 Å². The molecule has 100 valence electrons. The normalized spacial score (nSPS) is 12.4. The van der Waals surface area contributed by atoms with Crippen LogP contribution in [0.2, 0.25) is 0 Å². The first-order valence-electron chi connectivity index (χ1n) is 5.37. The van der Waals surface area contributed by atoms with Crippen LogP contribution < -0.4 is 11.1 Å². The molecule has 1 aromatic carbocycles. The first-order valence-corrected chi connectivity index (χ1v) is 6.60. The summed E-state index contributed by atoms with van der Waals surface area (Å²) in [5.74, 6) is -1.30. The van der Waals surface area contributed by atoms with Gasteiger partial charge in [-0.3, -0.25) is 9.59 Å². The second-order valence-electron chi connectivity index (χ2n) is 3.92. The predicted octanol–water partition coefficient (Wildman–Crippen LogP) is 2.86. The third-order valence-corrected chi connectivity index (χ3v) is 3.17. The van der Waals surface area contributed by atoms with Crippen LogP contribution in [-0.2, 0) is 4.79 Å². The molecule has 0 saturated carbocycles. The summed E-state index contributed by atoms with van der Waals surface area (Å²) in [6, 6.07) is 5.15. The van der Waals surface area contributed by atoms with E-state index in [0.29, 0.717) is 11.0 Å². The molecule has 7 heteroatoms. The van der Waals surface area contributed by atoms with Gasteiger partial charge in [-0.15, -0.1) is 11.6 Å². The van der Waals surface area contributed by atoms with Gasteiger partial charge in [-0.25, -0.2) is 0 Å². The highest BCUT2D eigenvalue weighted by atomic mass is 79.9. The molecule has 0 spiro atoms. The molecule has 0 fully saturated rings. The number of carbonyl (C=O) groups excluding carboxylic acids is 2. The van der Waals surface area contributed by atoms with E-state index in [9.17, 15) is 9.59 Å². The van der Waals surface area contributed by atoms with Gasteiger partial charge < -0.3 is 15.5 Å². The molecule has 2 rings (SSSR count). The first-order chi connectivity index (χ1) is 8.90. The number of hydrogen-bond donors (Lipinski definition) is 2. The molecule has 0 saturated heterocycles. The fourth-order valence-electron chi connectivity index (χ4n) is 1.59. The Bertz CT molecular complexity index is 666. The molecule has 0 radical (unpaired) electrons. The van der Waals surface area contributed by atoms with E-state index < -0.39 is 17.2 Å². The van der Waals surface area contributed by atoms with Gasteiger partial charge in [0.05, 0.1) is 0 Å². The number of nitrogens with one attached hydrogen (secondary N) is 1. The zero-order chi connectivity index (χ0) is 14.2. The third kappa shape index (κ3) is 2.74. The van der Waals surface area contributed by atoms with Crippen molar-refractivity contribution in [3.05, 3.63) is 28.4 Å². The molecule has 1 atom stereocenters. The molecular weight excluding hydrogens is 336 g/mol. The number of fused-ring (bicyclic) bond motifs is 1. The topological polar surface area (TPSA) is 85.3 Å².